The molecule has 23 heavy (non-hydrogen) atoms. The van der Waals surface area contributed by atoms with Crippen LogP contribution in [-0.2, 0) is 4.79 Å². The standard InChI is InChI=1S/C19H26O4/c20-18-12-14-10-13(4-1-2-6-19(21)22)11-17(14)16(18)8-7-15-5-3-9-23-15/h3,5,7-9,13-14,16-18,20H,1-2,4,6,10-12H2,(H,21,22)/b8-7+/t13?,14-,16+,17-,18+/m0/s1. The van der Waals surface area contributed by atoms with Gasteiger partial charge in [0, 0.05) is 12.3 Å². The third kappa shape index (κ3) is 4.05. The molecule has 0 radical (unpaired) electrons. The lowest BCUT2D eigenvalue weighted by atomic mass is 9.89. The smallest absolute Gasteiger partial charge is 0.303 e. The summed E-state index contributed by atoms with van der Waals surface area (Å²) in [6.45, 7) is 0. The molecule has 5 atom stereocenters. The second-order valence-corrected chi connectivity index (χ2v) is 7.16. The minimum absolute atomic E-state index is 0.231. The molecule has 2 fully saturated rings. The van der Waals surface area contributed by atoms with Gasteiger partial charge in [-0.3, -0.25) is 4.79 Å². The molecule has 3 rings (SSSR count). The summed E-state index contributed by atoms with van der Waals surface area (Å²) in [6, 6.07) is 3.80. The van der Waals surface area contributed by atoms with Crippen LogP contribution >= 0.6 is 0 Å². The Morgan fingerprint density at radius 3 is 2.91 bits per heavy atom. The van der Waals surface area contributed by atoms with Crippen LogP contribution in [0.2, 0.25) is 0 Å². The van der Waals surface area contributed by atoms with E-state index >= 15 is 0 Å². The predicted octanol–water partition coefficient (Wildman–Crippen LogP) is 3.96. The van der Waals surface area contributed by atoms with Gasteiger partial charge in [0.25, 0.3) is 0 Å². The van der Waals surface area contributed by atoms with Crippen LogP contribution < -0.4 is 0 Å². The van der Waals surface area contributed by atoms with Gasteiger partial charge < -0.3 is 14.6 Å². The lowest BCUT2D eigenvalue weighted by molar-refractivity contribution is -0.137. The maximum Gasteiger partial charge on any atom is 0.303 e. The molecule has 0 aromatic carbocycles. The predicted molar refractivity (Wildman–Crippen MR) is 87.7 cm³/mol. The van der Waals surface area contributed by atoms with Crippen LogP contribution in [0.15, 0.2) is 28.9 Å². The molecule has 0 amide bonds. The monoisotopic (exact) mass is 318 g/mol. The molecule has 0 saturated heterocycles. The highest BCUT2D eigenvalue weighted by atomic mass is 16.4. The van der Waals surface area contributed by atoms with E-state index in [0.29, 0.717) is 17.8 Å². The normalized spacial score (nSPS) is 33.3. The van der Waals surface area contributed by atoms with E-state index in [1.807, 2.05) is 18.2 Å². The maximum atomic E-state index is 10.6. The molecule has 4 nitrogen and oxygen atoms in total. The third-order valence-corrected chi connectivity index (χ3v) is 5.61. The number of aliphatic hydroxyl groups excluding tert-OH is 1. The first-order valence-electron chi connectivity index (χ1n) is 8.75. The molecule has 1 unspecified atom stereocenters. The van der Waals surface area contributed by atoms with Crippen molar-refractivity contribution in [2.24, 2.45) is 23.7 Å². The topological polar surface area (TPSA) is 70.7 Å². The van der Waals surface area contributed by atoms with E-state index in [4.69, 9.17) is 9.52 Å². The molecule has 1 aromatic rings. The molecule has 1 aromatic heterocycles. The Hall–Kier alpha value is -1.55. The Morgan fingerprint density at radius 1 is 1.30 bits per heavy atom. The number of furan rings is 1. The van der Waals surface area contributed by atoms with Crippen LogP contribution in [0.5, 0.6) is 0 Å². The lowest BCUT2D eigenvalue weighted by Crippen LogP contribution is -2.17. The van der Waals surface area contributed by atoms with Crippen LogP contribution in [0.1, 0.15) is 50.7 Å². The van der Waals surface area contributed by atoms with Gasteiger partial charge in [0.15, 0.2) is 0 Å². The highest BCUT2D eigenvalue weighted by Crippen LogP contribution is 2.51. The number of aliphatic hydroxyl groups is 1. The summed E-state index contributed by atoms with van der Waals surface area (Å²) in [6.07, 6.45) is 12.0. The van der Waals surface area contributed by atoms with E-state index in [1.165, 1.54) is 12.8 Å². The molecular formula is C19H26O4. The number of carbonyl (C=O) groups is 1. The highest BCUT2D eigenvalue weighted by molar-refractivity contribution is 5.66. The summed E-state index contributed by atoms with van der Waals surface area (Å²) in [5, 5.41) is 19.0. The second-order valence-electron chi connectivity index (χ2n) is 7.16. The summed E-state index contributed by atoms with van der Waals surface area (Å²) in [7, 11) is 0. The van der Waals surface area contributed by atoms with Gasteiger partial charge in [-0.15, -0.1) is 0 Å². The van der Waals surface area contributed by atoms with Gasteiger partial charge in [-0.25, -0.2) is 0 Å². The maximum absolute atomic E-state index is 10.6. The lowest BCUT2D eigenvalue weighted by Gasteiger charge is -2.18. The van der Waals surface area contributed by atoms with Crippen molar-refractivity contribution in [3.05, 3.63) is 30.2 Å². The van der Waals surface area contributed by atoms with Gasteiger partial charge in [0.05, 0.1) is 12.4 Å². The van der Waals surface area contributed by atoms with Gasteiger partial charge in [-0.05, 0) is 61.6 Å². The molecule has 2 saturated carbocycles. The Bertz CT molecular complexity index is 534. The molecule has 2 aliphatic rings. The Morgan fingerprint density at radius 2 is 2.17 bits per heavy atom. The highest BCUT2D eigenvalue weighted by Gasteiger charge is 2.46. The fourth-order valence-electron chi connectivity index (χ4n) is 4.58. The summed E-state index contributed by atoms with van der Waals surface area (Å²) in [5.41, 5.74) is 0. The zero-order chi connectivity index (χ0) is 16.2. The average Bonchev–Trinajstić information content (AvgIpc) is 3.18. The zero-order valence-corrected chi connectivity index (χ0v) is 13.4. The molecule has 126 valence electrons. The van der Waals surface area contributed by atoms with E-state index < -0.39 is 5.97 Å². The largest absolute Gasteiger partial charge is 0.481 e. The molecule has 2 N–H and O–H groups in total. The van der Waals surface area contributed by atoms with Gasteiger partial charge in [-0.2, -0.15) is 0 Å². The number of rotatable bonds is 7. The zero-order valence-electron chi connectivity index (χ0n) is 13.4. The number of unbranched alkanes of at least 4 members (excludes halogenated alkanes) is 1. The molecule has 1 heterocycles. The van der Waals surface area contributed by atoms with E-state index in [-0.39, 0.29) is 18.4 Å². The fraction of sp³-hybridized carbons (Fsp3) is 0.632. The quantitative estimate of drug-likeness (QED) is 0.747. The molecule has 0 spiro atoms. The van der Waals surface area contributed by atoms with Crippen molar-refractivity contribution < 1.29 is 19.4 Å². The number of hydrogen-bond acceptors (Lipinski definition) is 3. The number of aliphatic carboxylic acids is 1. The van der Waals surface area contributed by atoms with Crippen LogP contribution in [0.25, 0.3) is 6.08 Å². The van der Waals surface area contributed by atoms with E-state index in [0.717, 1.165) is 31.4 Å². The minimum Gasteiger partial charge on any atom is -0.481 e. The van der Waals surface area contributed by atoms with Crippen LogP contribution in [0, 0.1) is 23.7 Å². The fourth-order valence-corrected chi connectivity index (χ4v) is 4.58. The Balaban J connectivity index is 1.51. The van der Waals surface area contributed by atoms with Gasteiger partial charge in [-0.1, -0.05) is 18.9 Å². The van der Waals surface area contributed by atoms with Crippen molar-refractivity contribution in [3.63, 3.8) is 0 Å². The van der Waals surface area contributed by atoms with Crippen molar-refractivity contribution in [2.45, 2.75) is 51.0 Å². The van der Waals surface area contributed by atoms with Crippen molar-refractivity contribution in [2.75, 3.05) is 0 Å². The van der Waals surface area contributed by atoms with Gasteiger partial charge >= 0.3 is 5.97 Å². The van der Waals surface area contributed by atoms with Crippen LogP contribution in [-0.4, -0.2) is 22.3 Å². The minimum atomic E-state index is -0.695. The van der Waals surface area contributed by atoms with Crippen molar-refractivity contribution >= 4 is 12.0 Å². The number of carboxylic acid groups (broad SMARTS) is 1. The first-order valence-corrected chi connectivity index (χ1v) is 8.75. The third-order valence-electron chi connectivity index (χ3n) is 5.61. The van der Waals surface area contributed by atoms with Gasteiger partial charge in [0.2, 0.25) is 0 Å². The van der Waals surface area contributed by atoms with E-state index in [2.05, 4.69) is 6.08 Å². The molecule has 2 aliphatic carbocycles. The Labute approximate surface area is 137 Å². The van der Waals surface area contributed by atoms with Crippen LogP contribution in [0.4, 0.5) is 0 Å². The van der Waals surface area contributed by atoms with Crippen LogP contribution in [0.3, 0.4) is 0 Å². The van der Waals surface area contributed by atoms with Crippen molar-refractivity contribution in [3.8, 4) is 0 Å². The number of hydrogen-bond donors (Lipinski definition) is 2. The van der Waals surface area contributed by atoms with Crippen molar-refractivity contribution in [1.82, 2.24) is 0 Å². The van der Waals surface area contributed by atoms with Gasteiger partial charge in [0.1, 0.15) is 5.76 Å². The summed E-state index contributed by atoms with van der Waals surface area (Å²) < 4.78 is 5.33. The SMILES string of the molecule is O=C(O)CCCCC1C[C@H]2C[C@@H](O)[C@H](/C=C/c3ccco3)[C@H]2C1. The number of carboxylic acids is 1. The van der Waals surface area contributed by atoms with Crippen molar-refractivity contribution in [1.29, 1.82) is 0 Å². The second kappa shape index (κ2) is 7.35. The molecule has 4 heteroatoms. The Kier molecular flexibility index (Phi) is 5.21. The molecule has 0 bridgehead atoms. The molecule has 0 aliphatic heterocycles. The summed E-state index contributed by atoms with van der Waals surface area (Å²) in [5.74, 6) is 2.27. The summed E-state index contributed by atoms with van der Waals surface area (Å²) in [4.78, 5) is 10.6. The molecular weight excluding hydrogens is 292 g/mol. The first kappa shape index (κ1) is 16.3. The summed E-state index contributed by atoms with van der Waals surface area (Å²) >= 11 is 0. The first-order chi connectivity index (χ1) is 11.1. The number of fused-ring (bicyclic) bond motifs is 1. The average molecular weight is 318 g/mol. The van der Waals surface area contributed by atoms with E-state index in [1.54, 1.807) is 6.26 Å². The van der Waals surface area contributed by atoms with E-state index in [9.17, 15) is 9.90 Å².